The van der Waals surface area contributed by atoms with E-state index in [0.717, 1.165) is 16.9 Å². The van der Waals surface area contributed by atoms with Crippen LogP contribution in [0.4, 0.5) is 0 Å². The first kappa shape index (κ1) is 12.6. The zero-order valence-electron chi connectivity index (χ0n) is 10.2. The zero-order valence-corrected chi connectivity index (χ0v) is 10.9. The number of methoxy groups -OCH3 is 1. The smallest absolute Gasteiger partial charge is 0.251 e. The molecule has 0 aliphatic heterocycles. The summed E-state index contributed by atoms with van der Waals surface area (Å²) in [6.07, 6.45) is 0. The van der Waals surface area contributed by atoms with E-state index in [2.05, 4.69) is 9.97 Å². The lowest BCUT2D eigenvalue weighted by Crippen LogP contribution is -2.09. The lowest BCUT2D eigenvalue weighted by Gasteiger charge is -2.07. The fourth-order valence-electron chi connectivity index (χ4n) is 1.74. The van der Waals surface area contributed by atoms with Crippen molar-refractivity contribution < 1.29 is 4.74 Å². The van der Waals surface area contributed by atoms with E-state index in [0.29, 0.717) is 11.5 Å². The third-order valence-corrected chi connectivity index (χ3v) is 2.87. The third-order valence-electron chi connectivity index (χ3n) is 2.60. The van der Waals surface area contributed by atoms with E-state index in [4.69, 9.17) is 16.3 Å². The highest BCUT2D eigenvalue weighted by molar-refractivity contribution is 6.16. The quantitative estimate of drug-likeness (QED) is 0.867. The summed E-state index contributed by atoms with van der Waals surface area (Å²) in [5.41, 5.74) is 2.17. The van der Waals surface area contributed by atoms with Gasteiger partial charge in [-0.2, -0.15) is 0 Å². The number of benzene rings is 1. The second kappa shape index (κ2) is 5.23. The standard InChI is InChI=1S/C13H13ClN2O2/c1-8-5-9(3-4-11(8)18-2)13-15-10(7-14)6-12(17)16-13/h3-6H,7H2,1-2H3,(H,15,16,17). The van der Waals surface area contributed by atoms with E-state index in [1.807, 2.05) is 25.1 Å². The van der Waals surface area contributed by atoms with Gasteiger partial charge in [-0.3, -0.25) is 4.79 Å². The highest BCUT2D eigenvalue weighted by Crippen LogP contribution is 2.23. The van der Waals surface area contributed by atoms with Crippen LogP contribution in [0, 0.1) is 6.92 Å². The summed E-state index contributed by atoms with van der Waals surface area (Å²) in [6, 6.07) is 7.00. The van der Waals surface area contributed by atoms with Crippen molar-refractivity contribution in [2.24, 2.45) is 0 Å². The summed E-state index contributed by atoms with van der Waals surface area (Å²) >= 11 is 5.70. The van der Waals surface area contributed by atoms with Gasteiger partial charge < -0.3 is 9.72 Å². The van der Waals surface area contributed by atoms with Crippen molar-refractivity contribution in [2.45, 2.75) is 12.8 Å². The van der Waals surface area contributed by atoms with Crippen LogP contribution in [0.2, 0.25) is 0 Å². The number of rotatable bonds is 3. The molecule has 0 aliphatic carbocycles. The van der Waals surface area contributed by atoms with Crippen LogP contribution in [0.1, 0.15) is 11.3 Å². The number of aryl methyl sites for hydroxylation is 1. The Bertz CT molecular complexity index is 623. The largest absolute Gasteiger partial charge is 0.496 e. The number of aromatic amines is 1. The summed E-state index contributed by atoms with van der Waals surface area (Å²) in [4.78, 5) is 18.5. The molecule has 0 aliphatic rings. The molecule has 0 radical (unpaired) electrons. The number of ether oxygens (including phenoxy) is 1. The Labute approximate surface area is 110 Å². The number of aromatic nitrogens is 2. The van der Waals surface area contributed by atoms with E-state index < -0.39 is 0 Å². The average Bonchev–Trinajstić information content (AvgIpc) is 2.37. The minimum Gasteiger partial charge on any atom is -0.496 e. The molecule has 0 fully saturated rings. The van der Waals surface area contributed by atoms with Crippen molar-refractivity contribution >= 4 is 11.6 Å². The van der Waals surface area contributed by atoms with Crippen LogP contribution in [0.15, 0.2) is 29.1 Å². The molecule has 0 amide bonds. The van der Waals surface area contributed by atoms with Gasteiger partial charge in [-0.05, 0) is 30.7 Å². The van der Waals surface area contributed by atoms with Gasteiger partial charge in [0.1, 0.15) is 11.6 Å². The van der Waals surface area contributed by atoms with Crippen molar-refractivity contribution in [1.82, 2.24) is 9.97 Å². The number of hydrogen-bond acceptors (Lipinski definition) is 3. The van der Waals surface area contributed by atoms with E-state index in [1.54, 1.807) is 7.11 Å². The Morgan fingerprint density at radius 3 is 2.78 bits per heavy atom. The highest BCUT2D eigenvalue weighted by atomic mass is 35.5. The molecule has 1 aromatic heterocycles. The first-order valence-electron chi connectivity index (χ1n) is 5.45. The van der Waals surface area contributed by atoms with Crippen LogP contribution in [0.3, 0.4) is 0 Å². The number of H-pyrrole nitrogens is 1. The zero-order chi connectivity index (χ0) is 13.1. The minimum atomic E-state index is -0.205. The fraction of sp³-hybridized carbons (Fsp3) is 0.231. The maximum Gasteiger partial charge on any atom is 0.251 e. The summed E-state index contributed by atoms with van der Waals surface area (Å²) in [6.45, 7) is 1.94. The molecule has 5 heteroatoms. The predicted octanol–water partition coefficient (Wildman–Crippen LogP) is 2.49. The van der Waals surface area contributed by atoms with Crippen molar-refractivity contribution in [3.05, 3.63) is 45.9 Å². The van der Waals surface area contributed by atoms with E-state index in [-0.39, 0.29) is 11.4 Å². The van der Waals surface area contributed by atoms with Gasteiger partial charge in [0.25, 0.3) is 5.56 Å². The Kier molecular flexibility index (Phi) is 3.67. The van der Waals surface area contributed by atoms with Gasteiger partial charge in [-0.15, -0.1) is 11.6 Å². The lowest BCUT2D eigenvalue weighted by molar-refractivity contribution is 0.412. The van der Waals surface area contributed by atoms with Gasteiger partial charge in [0.05, 0.1) is 18.7 Å². The van der Waals surface area contributed by atoms with Crippen molar-refractivity contribution in [2.75, 3.05) is 7.11 Å². The van der Waals surface area contributed by atoms with Gasteiger partial charge in [0, 0.05) is 11.6 Å². The molecule has 0 saturated carbocycles. The molecule has 18 heavy (non-hydrogen) atoms. The molecule has 4 nitrogen and oxygen atoms in total. The second-order valence-corrected chi connectivity index (χ2v) is 4.17. The first-order valence-corrected chi connectivity index (χ1v) is 5.98. The molecule has 0 spiro atoms. The molecule has 2 rings (SSSR count). The monoisotopic (exact) mass is 264 g/mol. The normalized spacial score (nSPS) is 10.4. The number of hydrogen-bond donors (Lipinski definition) is 1. The first-order chi connectivity index (χ1) is 8.63. The Balaban J connectivity index is 2.51. The van der Waals surface area contributed by atoms with Crippen molar-refractivity contribution in [3.8, 4) is 17.1 Å². The number of nitrogens with one attached hydrogen (secondary N) is 1. The fourth-order valence-corrected chi connectivity index (χ4v) is 1.88. The maximum atomic E-state index is 11.5. The summed E-state index contributed by atoms with van der Waals surface area (Å²) in [7, 11) is 1.62. The predicted molar refractivity (Wildman–Crippen MR) is 71.1 cm³/mol. The molecular weight excluding hydrogens is 252 g/mol. The molecule has 2 aromatic rings. The molecule has 1 aromatic carbocycles. The van der Waals surface area contributed by atoms with Crippen molar-refractivity contribution in [3.63, 3.8) is 0 Å². The topological polar surface area (TPSA) is 55.0 Å². The molecule has 0 atom stereocenters. The van der Waals surface area contributed by atoms with Crippen LogP contribution in [-0.2, 0) is 5.88 Å². The third kappa shape index (κ3) is 2.54. The van der Waals surface area contributed by atoms with Gasteiger partial charge in [0.2, 0.25) is 0 Å². The van der Waals surface area contributed by atoms with Gasteiger partial charge >= 0.3 is 0 Å². The molecule has 0 bridgehead atoms. The summed E-state index contributed by atoms with van der Waals surface area (Å²) in [5, 5.41) is 0. The molecule has 1 heterocycles. The SMILES string of the molecule is COc1ccc(-c2nc(CCl)cc(=O)[nH]2)cc1C. The van der Waals surface area contributed by atoms with Gasteiger partial charge in [-0.25, -0.2) is 4.98 Å². The maximum absolute atomic E-state index is 11.5. The molecule has 0 unspecified atom stereocenters. The van der Waals surface area contributed by atoms with Crippen LogP contribution in [0.5, 0.6) is 5.75 Å². The van der Waals surface area contributed by atoms with Crippen LogP contribution < -0.4 is 10.3 Å². The molecule has 0 saturated heterocycles. The Hall–Kier alpha value is -1.81. The minimum absolute atomic E-state index is 0.205. The van der Waals surface area contributed by atoms with E-state index in [9.17, 15) is 4.79 Å². The molecule has 94 valence electrons. The highest BCUT2D eigenvalue weighted by Gasteiger charge is 2.06. The molecular formula is C13H13ClN2O2. The number of nitrogens with zero attached hydrogens (tertiary/aromatic N) is 1. The number of halogens is 1. The van der Waals surface area contributed by atoms with E-state index >= 15 is 0 Å². The van der Waals surface area contributed by atoms with Crippen LogP contribution >= 0.6 is 11.6 Å². The summed E-state index contributed by atoms with van der Waals surface area (Å²) in [5.74, 6) is 1.53. The van der Waals surface area contributed by atoms with Crippen LogP contribution in [-0.4, -0.2) is 17.1 Å². The Morgan fingerprint density at radius 1 is 1.39 bits per heavy atom. The van der Waals surface area contributed by atoms with E-state index in [1.165, 1.54) is 6.07 Å². The van der Waals surface area contributed by atoms with Crippen molar-refractivity contribution in [1.29, 1.82) is 0 Å². The lowest BCUT2D eigenvalue weighted by atomic mass is 10.1. The van der Waals surface area contributed by atoms with Gasteiger partial charge in [0.15, 0.2) is 0 Å². The second-order valence-electron chi connectivity index (χ2n) is 3.90. The van der Waals surface area contributed by atoms with Gasteiger partial charge in [-0.1, -0.05) is 0 Å². The average molecular weight is 265 g/mol. The number of alkyl halides is 1. The molecule has 1 N–H and O–H groups in total. The summed E-state index contributed by atoms with van der Waals surface area (Å²) < 4.78 is 5.19. The Morgan fingerprint density at radius 2 is 2.17 bits per heavy atom. The van der Waals surface area contributed by atoms with Crippen LogP contribution in [0.25, 0.3) is 11.4 Å².